The number of hydrogen-bond donors (Lipinski definition) is 1. The van der Waals surface area contributed by atoms with Gasteiger partial charge in [-0.15, -0.1) is 10.2 Å². The summed E-state index contributed by atoms with van der Waals surface area (Å²) in [6, 6.07) is 0. The Bertz CT molecular complexity index is 272. The SMILES string of the molecule is CCCn1c(C)nnc1COCCN. The van der Waals surface area contributed by atoms with Crippen LogP contribution in [0, 0.1) is 6.92 Å². The van der Waals surface area contributed by atoms with Crippen molar-refractivity contribution >= 4 is 0 Å². The third-order valence-corrected chi connectivity index (χ3v) is 1.95. The Kier molecular flexibility index (Phi) is 4.55. The van der Waals surface area contributed by atoms with Gasteiger partial charge in [0.25, 0.3) is 0 Å². The van der Waals surface area contributed by atoms with Gasteiger partial charge in [0.05, 0.1) is 6.61 Å². The van der Waals surface area contributed by atoms with Gasteiger partial charge >= 0.3 is 0 Å². The Balaban J connectivity index is 2.56. The van der Waals surface area contributed by atoms with Gasteiger partial charge in [-0.3, -0.25) is 0 Å². The van der Waals surface area contributed by atoms with Crippen molar-refractivity contribution in [1.29, 1.82) is 0 Å². The average Bonchev–Trinajstić information content (AvgIpc) is 2.51. The molecule has 0 aliphatic rings. The minimum absolute atomic E-state index is 0.498. The van der Waals surface area contributed by atoms with Crippen molar-refractivity contribution in [1.82, 2.24) is 14.8 Å². The van der Waals surface area contributed by atoms with E-state index in [2.05, 4.69) is 21.7 Å². The van der Waals surface area contributed by atoms with E-state index in [0.29, 0.717) is 19.8 Å². The summed E-state index contributed by atoms with van der Waals surface area (Å²) in [5, 5.41) is 8.07. The van der Waals surface area contributed by atoms with Crippen molar-refractivity contribution in [3.8, 4) is 0 Å². The van der Waals surface area contributed by atoms with Gasteiger partial charge < -0.3 is 15.0 Å². The molecule has 0 unspecified atom stereocenters. The lowest BCUT2D eigenvalue weighted by atomic mass is 10.4. The highest BCUT2D eigenvalue weighted by Crippen LogP contribution is 2.03. The van der Waals surface area contributed by atoms with Gasteiger partial charge in [0.15, 0.2) is 5.82 Å². The van der Waals surface area contributed by atoms with Gasteiger partial charge in [-0.05, 0) is 13.3 Å². The summed E-state index contributed by atoms with van der Waals surface area (Å²) in [7, 11) is 0. The summed E-state index contributed by atoms with van der Waals surface area (Å²) >= 11 is 0. The highest BCUT2D eigenvalue weighted by molar-refractivity contribution is 4.92. The molecule has 1 rings (SSSR count). The predicted octanol–water partition coefficient (Wildman–Crippen LogP) is 0.472. The van der Waals surface area contributed by atoms with Gasteiger partial charge in [0, 0.05) is 13.1 Å². The molecule has 5 heteroatoms. The smallest absolute Gasteiger partial charge is 0.159 e. The minimum Gasteiger partial charge on any atom is -0.372 e. The quantitative estimate of drug-likeness (QED) is 0.675. The first-order chi connectivity index (χ1) is 6.79. The molecule has 0 aliphatic carbocycles. The van der Waals surface area contributed by atoms with Crippen LogP contribution in [0.1, 0.15) is 25.0 Å². The molecule has 5 nitrogen and oxygen atoms in total. The number of rotatable bonds is 6. The second kappa shape index (κ2) is 5.72. The Morgan fingerprint density at radius 3 is 2.86 bits per heavy atom. The van der Waals surface area contributed by atoms with Crippen molar-refractivity contribution in [3.63, 3.8) is 0 Å². The number of aromatic nitrogens is 3. The van der Waals surface area contributed by atoms with E-state index in [4.69, 9.17) is 10.5 Å². The molecule has 0 saturated heterocycles. The molecule has 0 bridgehead atoms. The van der Waals surface area contributed by atoms with E-state index in [1.807, 2.05) is 6.92 Å². The normalized spacial score (nSPS) is 10.8. The molecule has 1 aromatic heterocycles. The first kappa shape index (κ1) is 11.1. The molecule has 0 radical (unpaired) electrons. The third kappa shape index (κ3) is 2.78. The lowest BCUT2D eigenvalue weighted by Crippen LogP contribution is -2.11. The third-order valence-electron chi connectivity index (χ3n) is 1.95. The van der Waals surface area contributed by atoms with Crippen LogP contribution >= 0.6 is 0 Å². The van der Waals surface area contributed by atoms with Crippen LogP contribution in [0.5, 0.6) is 0 Å². The molecular formula is C9H18N4O. The molecular weight excluding hydrogens is 180 g/mol. The van der Waals surface area contributed by atoms with Gasteiger partial charge in [-0.25, -0.2) is 0 Å². The standard InChI is InChI=1S/C9H18N4O/c1-3-5-13-8(2)11-12-9(13)7-14-6-4-10/h3-7,10H2,1-2H3. The minimum atomic E-state index is 0.498. The summed E-state index contributed by atoms with van der Waals surface area (Å²) in [4.78, 5) is 0. The van der Waals surface area contributed by atoms with Crippen molar-refractivity contribution in [3.05, 3.63) is 11.6 Å². The molecule has 2 N–H and O–H groups in total. The van der Waals surface area contributed by atoms with E-state index in [1.165, 1.54) is 0 Å². The molecule has 1 heterocycles. The van der Waals surface area contributed by atoms with Crippen molar-refractivity contribution in [2.75, 3.05) is 13.2 Å². The van der Waals surface area contributed by atoms with Crippen LogP contribution in [0.3, 0.4) is 0 Å². The van der Waals surface area contributed by atoms with Crippen molar-refractivity contribution < 1.29 is 4.74 Å². The fourth-order valence-electron chi connectivity index (χ4n) is 1.29. The van der Waals surface area contributed by atoms with Gasteiger partial charge in [-0.1, -0.05) is 6.92 Å². The fourth-order valence-corrected chi connectivity index (χ4v) is 1.29. The van der Waals surface area contributed by atoms with E-state index in [1.54, 1.807) is 0 Å². The van der Waals surface area contributed by atoms with Crippen LogP contribution in [0.25, 0.3) is 0 Å². The van der Waals surface area contributed by atoms with Crippen LogP contribution in [0.15, 0.2) is 0 Å². The van der Waals surface area contributed by atoms with Crippen LogP contribution in [0.4, 0.5) is 0 Å². The lowest BCUT2D eigenvalue weighted by molar-refractivity contribution is 0.119. The largest absolute Gasteiger partial charge is 0.372 e. The Morgan fingerprint density at radius 2 is 2.21 bits per heavy atom. The second-order valence-electron chi connectivity index (χ2n) is 3.16. The second-order valence-corrected chi connectivity index (χ2v) is 3.16. The average molecular weight is 198 g/mol. The maximum atomic E-state index is 5.33. The predicted molar refractivity (Wildman–Crippen MR) is 53.8 cm³/mol. The summed E-state index contributed by atoms with van der Waals surface area (Å²) in [5.41, 5.74) is 5.33. The summed E-state index contributed by atoms with van der Waals surface area (Å²) in [6.45, 7) is 6.64. The number of hydrogen-bond acceptors (Lipinski definition) is 4. The molecule has 0 spiro atoms. The topological polar surface area (TPSA) is 66.0 Å². The van der Waals surface area contributed by atoms with Gasteiger partial charge in [-0.2, -0.15) is 0 Å². The fraction of sp³-hybridized carbons (Fsp3) is 0.778. The molecule has 0 fully saturated rings. The van der Waals surface area contributed by atoms with E-state index < -0.39 is 0 Å². The van der Waals surface area contributed by atoms with Gasteiger partial charge in [0.1, 0.15) is 12.4 Å². The molecule has 14 heavy (non-hydrogen) atoms. The molecule has 80 valence electrons. The number of nitrogens with two attached hydrogens (primary N) is 1. The van der Waals surface area contributed by atoms with Crippen LogP contribution in [0.2, 0.25) is 0 Å². The van der Waals surface area contributed by atoms with E-state index in [0.717, 1.165) is 24.6 Å². The molecule has 0 aliphatic heterocycles. The molecule has 0 atom stereocenters. The monoisotopic (exact) mass is 198 g/mol. The summed E-state index contributed by atoms with van der Waals surface area (Å²) in [5.74, 6) is 1.83. The maximum absolute atomic E-state index is 5.33. The van der Waals surface area contributed by atoms with Crippen LogP contribution in [-0.2, 0) is 17.9 Å². The number of ether oxygens (including phenoxy) is 1. The molecule has 0 amide bonds. The summed E-state index contributed by atoms with van der Waals surface area (Å²) in [6.07, 6.45) is 1.07. The van der Waals surface area contributed by atoms with Crippen molar-refractivity contribution in [2.45, 2.75) is 33.4 Å². The first-order valence-electron chi connectivity index (χ1n) is 4.96. The molecule has 0 aromatic carbocycles. The molecule has 0 saturated carbocycles. The number of aryl methyl sites for hydroxylation is 1. The van der Waals surface area contributed by atoms with Crippen LogP contribution < -0.4 is 5.73 Å². The number of nitrogens with zero attached hydrogens (tertiary/aromatic N) is 3. The van der Waals surface area contributed by atoms with E-state index in [-0.39, 0.29) is 0 Å². The Labute approximate surface area is 84.3 Å². The van der Waals surface area contributed by atoms with Crippen LogP contribution in [-0.4, -0.2) is 27.9 Å². The highest BCUT2D eigenvalue weighted by atomic mass is 16.5. The zero-order chi connectivity index (χ0) is 10.4. The van der Waals surface area contributed by atoms with Crippen molar-refractivity contribution in [2.24, 2.45) is 5.73 Å². The zero-order valence-corrected chi connectivity index (χ0v) is 8.86. The van der Waals surface area contributed by atoms with E-state index >= 15 is 0 Å². The Morgan fingerprint density at radius 1 is 1.43 bits per heavy atom. The van der Waals surface area contributed by atoms with E-state index in [9.17, 15) is 0 Å². The first-order valence-corrected chi connectivity index (χ1v) is 4.96. The highest BCUT2D eigenvalue weighted by Gasteiger charge is 2.06. The van der Waals surface area contributed by atoms with Gasteiger partial charge in [0.2, 0.25) is 0 Å². The summed E-state index contributed by atoms with van der Waals surface area (Å²) < 4.78 is 7.40. The zero-order valence-electron chi connectivity index (χ0n) is 8.86. The Hall–Kier alpha value is -0.940. The molecule has 1 aromatic rings. The maximum Gasteiger partial charge on any atom is 0.159 e. The lowest BCUT2D eigenvalue weighted by Gasteiger charge is -2.06.